The van der Waals surface area contributed by atoms with Crippen molar-refractivity contribution in [2.24, 2.45) is 7.05 Å². The SMILES string of the molecule is C=C(C)c1c(C=CC)ccn1C. The molecule has 1 aromatic heterocycles. The van der Waals surface area contributed by atoms with Crippen LogP contribution in [-0.2, 0) is 7.05 Å². The molecule has 0 saturated carbocycles. The maximum Gasteiger partial charge on any atom is 0.0501 e. The van der Waals surface area contributed by atoms with Gasteiger partial charge in [-0.2, -0.15) is 0 Å². The molecule has 0 fully saturated rings. The Labute approximate surface area is 74.0 Å². The standard InChI is InChI=1S/C11H15N/c1-5-6-10-7-8-12(4)11(10)9(2)3/h5-8H,2H2,1,3-4H3. The van der Waals surface area contributed by atoms with E-state index in [0.29, 0.717) is 0 Å². The quantitative estimate of drug-likeness (QED) is 0.628. The third-order valence-corrected chi connectivity index (χ3v) is 1.85. The Balaban J connectivity index is 3.21. The lowest BCUT2D eigenvalue weighted by atomic mass is 10.1. The van der Waals surface area contributed by atoms with Crippen LogP contribution in [0.4, 0.5) is 0 Å². The van der Waals surface area contributed by atoms with E-state index < -0.39 is 0 Å². The monoisotopic (exact) mass is 161 g/mol. The molecule has 1 aromatic rings. The minimum absolute atomic E-state index is 1.11. The van der Waals surface area contributed by atoms with Crippen LogP contribution in [0.5, 0.6) is 0 Å². The zero-order chi connectivity index (χ0) is 9.14. The first-order valence-corrected chi connectivity index (χ1v) is 4.10. The molecule has 0 atom stereocenters. The van der Waals surface area contributed by atoms with Gasteiger partial charge in [-0.1, -0.05) is 18.7 Å². The molecule has 0 aliphatic heterocycles. The van der Waals surface area contributed by atoms with Crippen molar-refractivity contribution in [2.75, 3.05) is 0 Å². The van der Waals surface area contributed by atoms with E-state index in [-0.39, 0.29) is 0 Å². The molecular weight excluding hydrogens is 146 g/mol. The highest BCUT2D eigenvalue weighted by Crippen LogP contribution is 2.19. The first-order valence-electron chi connectivity index (χ1n) is 4.10. The van der Waals surface area contributed by atoms with E-state index in [4.69, 9.17) is 0 Å². The topological polar surface area (TPSA) is 4.93 Å². The Morgan fingerprint density at radius 2 is 2.25 bits per heavy atom. The van der Waals surface area contributed by atoms with Crippen LogP contribution in [0.15, 0.2) is 24.9 Å². The predicted octanol–water partition coefficient (Wildman–Crippen LogP) is 3.09. The van der Waals surface area contributed by atoms with Gasteiger partial charge in [0, 0.05) is 13.2 Å². The van der Waals surface area contributed by atoms with Gasteiger partial charge >= 0.3 is 0 Å². The third kappa shape index (κ3) is 1.50. The number of aromatic nitrogens is 1. The summed E-state index contributed by atoms with van der Waals surface area (Å²) >= 11 is 0. The average Bonchev–Trinajstić information content (AvgIpc) is 2.32. The molecule has 0 bridgehead atoms. The molecule has 0 N–H and O–H groups in total. The molecule has 1 heterocycles. The summed E-state index contributed by atoms with van der Waals surface area (Å²) in [5, 5.41) is 0. The zero-order valence-electron chi connectivity index (χ0n) is 7.96. The number of allylic oxidation sites excluding steroid dienone is 2. The van der Waals surface area contributed by atoms with E-state index in [1.54, 1.807) is 0 Å². The van der Waals surface area contributed by atoms with E-state index in [1.165, 1.54) is 11.3 Å². The van der Waals surface area contributed by atoms with Gasteiger partial charge in [0.15, 0.2) is 0 Å². The number of aryl methyl sites for hydroxylation is 1. The number of rotatable bonds is 2. The van der Waals surface area contributed by atoms with E-state index in [0.717, 1.165) is 5.57 Å². The fraction of sp³-hybridized carbons (Fsp3) is 0.273. The second-order valence-electron chi connectivity index (χ2n) is 3.01. The van der Waals surface area contributed by atoms with Crippen molar-refractivity contribution in [3.05, 3.63) is 36.2 Å². The smallest absolute Gasteiger partial charge is 0.0501 e. The first-order chi connectivity index (χ1) is 5.66. The lowest BCUT2D eigenvalue weighted by molar-refractivity contribution is 0.907. The number of nitrogens with zero attached hydrogens (tertiary/aromatic N) is 1. The van der Waals surface area contributed by atoms with Gasteiger partial charge in [-0.25, -0.2) is 0 Å². The van der Waals surface area contributed by atoms with Crippen LogP contribution in [0.2, 0.25) is 0 Å². The van der Waals surface area contributed by atoms with Crippen LogP contribution in [0.1, 0.15) is 25.1 Å². The van der Waals surface area contributed by atoms with Crippen LogP contribution in [0.25, 0.3) is 11.6 Å². The molecule has 64 valence electrons. The lowest BCUT2D eigenvalue weighted by Crippen LogP contribution is -1.92. The van der Waals surface area contributed by atoms with Crippen LogP contribution in [0.3, 0.4) is 0 Å². The fourth-order valence-electron chi connectivity index (χ4n) is 1.41. The van der Waals surface area contributed by atoms with Crippen molar-refractivity contribution in [1.29, 1.82) is 0 Å². The molecule has 0 aliphatic carbocycles. The summed E-state index contributed by atoms with van der Waals surface area (Å²) < 4.78 is 2.09. The predicted molar refractivity (Wildman–Crippen MR) is 54.8 cm³/mol. The second-order valence-corrected chi connectivity index (χ2v) is 3.01. The maximum atomic E-state index is 3.95. The van der Waals surface area contributed by atoms with Crippen LogP contribution >= 0.6 is 0 Å². The third-order valence-electron chi connectivity index (χ3n) is 1.85. The van der Waals surface area contributed by atoms with Crippen molar-refractivity contribution >= 4 is 11.6 Å². The second kappa shape index (κ2) is 3.44. The summed E-state index contributed by atoms with van der Waals surface area (Å²) in [4.78, 5) is 0. The van der Waals surface area contributed by atoms with Gasteiger partial charge < -0.3 is 4.57 Å². The molecule has 1 nitrogen and oxygen atoms in total. The Morgan fingerprint density at radius 1 is 1.58 bits per heavy atom. The fourth-order valence-corrected chi connectivity index (χ4v) is 1.41. The summed E-state index contributed by atoms with van der Waals surface area (Å²) in [6, 6.07) is 2.10. The average molecular weight is 161 g/mol. The summed E-state index contributed by atoms with van der Waals surface area (Å²) in [5.41, 5.74) is 3.57. The molecule has 0 aromatic carbocycles. The van der Waals surface area contributed by atoms with Crippen molar-refractivity contribution in [3.63, 3.8) is 0 Å². The van der Waals surface area contributed by atoms with E-state index in [9.17, 15) is 0 Å². The first kappa shape index (κ1) is 8.85. The molecule has 0 saturated heterocycles. The number of hydrogen-bond acceptors (Lipinski definition) is 0. The Morgan fingerprint density at radius 3 is 2.75 bits per heavy atom. The molecular formula is C11H15N. The summed E-state index contributed by atoms with van der Waals surface area (Å²) in [5.74, 6) is 0. The van der Waals surface area contributed by atoms with Gasteiger partial charge in [-0.05, 0) is 31.1 Å². The number of hydrogen-bond donors (Lipinski definition) is 0. The van der Waals surface area contributed by atoms with E-state index in [1.807, 2.05) is 27.0 Å². The van der Waals surface area contributed by atoms with Crippen LogP contribution in [0, 0.1) is 0 Å². The van der Waals surface area contributed by atoms with Gasteiger partial charge in [-0.3, -0.25) is 0 Å². The zero-order valence-corrected chi connectivity index (χ0v) is 7.96. The highest BCUT2D eigenvalue weighted by atomic mass is 14.9. The van der Waals surface area contributed by atoms with Crippen LogP contribution < -0.4 is 0 Å². The molecule has 0 aliphatic rings. The Bertz CT molecular complexity index is 316. The van der Waals surface area contributed by atoms with Crippen molar-refractivity contribution in [1.82, 2.24) is 4.57 Å². The van der Waals surface area contributed by atoms with Crippen molar-refractivity contribution in [2.45, 2.75) is 13.8 Å². The molecule has 0 amide bonds. The van der Waals surface area contributed by atoms with E-state index in [2.05, 4.69) is 29.5 Å². The minimum Gasteiger partial charge on any atom is -0.350 e. The van der Waals surface area contributed by atoms with Gasteiger partial charge in [0.1, 0.15) is 0 Å². The summed E-state index contributed by atoms with van der Waals surface area (Å²) in [6.45, 7) is 8.00. The summed E-state index contributed by atoms with van der Waals surface area (Å²) in [6.07, 6.45) is 6.20. The molecule has 12 heavy (non-hydrogen) atoms. The van der Waals surface area contributed by atoms with Crippen LogP contribution in [-0.4, -0.2) is 4.57 Å². The highest BCUT2D eigenvalue weighted by Gasteiger charge is 2.03. The molecule has 0 radical (unpaired) electrons. The lowest BCUT2D eigenvalue weighted by Gasteiger charge is -2.03. The highest BCUT2D eigenvalue weighted by molar-refractivity contribution is 5.69. The van der Waals surface area contributed by atoms with E-state index >= 15 is 0 Å². The largest absolute Gasteiger partial charge is 0.350 e. The van der Waals surface area contributed by atoms with Gasteiger partial charge in [0.2, 0.25) is 0 Å². The van der Waals surface area contributed by atoms with Gasteiger partial charge in [0.25, 0.3) is 0 Å². The molecule has 1 heteroatoms. The van der Waals surface area contributed by atoms with Crippen molar-refractivity contribution in [3.8, 4) is 0 Å². The summed E-state index contributed by atoms with van der Waals surface area (Å²) in [7, 11) is 2.04. The Kier molecular flexibility index (Phi) is 2.54. The van der Waals surface area contributed by atoms with Gasteiger partial charge in [-0.15, -0.1) is 0 Å². The molecule has 0 spiro atoms. The molecule has 0 unspecified atom stereocenters. The van der Waals surface area contributed by atoms with Gasteiger partial charge in [0.05, 0.1) is 5.69 Å². The normalized spacial score (nSPS) is 10.9. The maximum absolute atomic E-state index is 3.95. The molecule has 1 rings (SSSR count). The van der Waals surface area contributed by atoms with Crippen molar-refractivity contribution < 1.29 is 0 Å². The Hall–Kier alpha value is -1.24. The minimum atomic E-state index is 1.11.